The van der Waals surface area contributed by atoms with E-state index >= 15 is 0 Å². The van der Waals surface area contributed by atoms with Crippen molar-refractivity contribution in [2.45, 2.75) is 4.30 Å². The summed E-state index contributed by atoms with van der Waals surface area (Å²) in [6.07, 6.45) is 7.03. The van der Waals surface area contributed by atoms with Gasteiger partial charge >= 0.3 is 0 Å². The molecule has 0 aliphatic carbocycles. The fourth-order valence-electron chi connectivity index (χ4n) is 3.37. The number of fused-ring (bicyclic) bond motifs is 1. The van der Waals surface area contributed by atoms with Crippen LogP contribution in [0, 0.1) is 5.82 Å². The minimum atomic E-state index is -0.750. The minimum Gasteiger partial charge on any atom is -0.337 e. The van der Waals surface area contributed by atoms with Crippen LogP contribution >= 0.6 is 34.8 Å². The number of halogens is 4. The number of pyridine rings is 2. The summed E-state index contributed by atoms with van der Waals surface area (Å²) in [5.41, 5.74) is 6.68. The first kappa shape index (κ1) is 22.2. The highest BCUT2D eigenvalue weighted by atomic mass is 35.6. The minimum absolute atomic E-state index is 0.254. The van der Waals surface area contributed by atoms with Gasteiger partial charge in [0.25, 0.3) is 0 Å². The maximum absolute atomic E-state index is 13.4. The number of aromatic amines is 1. The Morgan fingerprint density at radius 2 is 1.16 bits per heavy atom. The molecule has 5 aromatic rings. The van der Waals surface area contributed by atoms with E-state index < -0.39 is 4.30 Å². The highest BCUT2D eigenvalue weighted by Crippen LogP contribution is 2.35. The van der Waals surface area contributed by atoms with Crippen LogP contribution in [-0.2, 0) is 0 Å². The van der Waals surface area contributed by atoms with E-state index in [2.05, 4.69) is 15.0 Å². The summed E-state index contributed by atoms with van der Waals surface area (Å²) in [4.78, 5) is 16.5. The van der Waals surface area contributed by atoms with Crippen LogP contribution in [0.5, 0.6) is 0 Å². The molecule has 3 aromatic heterocycles. The number of nitrogens with one attached hydrogen (secondary N) is 1. The van der Waals surface area contributed by atoms with Crippen LogP contribution in [0.15, 0.2) is 85.5 Å². The SMILES string of the molecule is ClC(Cl)Cl.Fc1ccc(-c2ccc(-c3ccncc3)c3nc(-c4ccncc4)[nH]c23)cc1. The summed E-state index contributed by atoms with van der Waals surface area (Å²) in [5.74, 6) is 0.512. The standard InChI is InChI=1S/C23H15FN4.CHCl3/c24-18-3-1-15(2-4-18)19-5-6-20(16-7-11-25-12-8-16)22-21(19)27-23(28-22)17-9-13-26-14-10-17;2-1(3)4/h1-14H,(H,27,28);1H. The molecule has 2 aromatic carbocycles. The lowest BCUT2D eigenvalue weighted by molar-refractivity contribution is 0.628. The molecule has 32 heavy (non-hydrogen) atoms. The second kappa shape index (κ2) is 10.1. The number of aromatic nitrogens is 4. The second-order valence-corrected chi connectivity index (χ2v) is 8.68. The average molecular weight is 486 g/mol. The normalized spacial score (nSPS) is 10.8. The lowest BCUT2D eigenvalue weighted by Gasteiger charge is -2.07. The number of nitrogens with zero attached hydrogens (tertiary/aromatic N) is 3. The van der Waals surface area contributed by atoms with Crippen molar-refractivity contribution >= 4 is 45.8 Å². The van der Waals surface area contributed by atoms with Crippen molar-refractivity contribution in [2.75, 3.05) is 0 Å². The van der Waals surface area contributed by atoms with Gasteiger partial charge in [-0.25, -0.2) is 9.37 Å². The highest BCUT2D eigenvalue weighted by Gasteiger charge is 2.15. The number of imidazole rings is 1. The van der Waals surface area contributed by atoms with Gasteiger partial charge in [0.05, 0.1) is 11.0 Å². The van der Waals surface area contributed by atoms with Crippen LogP contribution in [0.2, 0.25) is 0 Å². The first-order chi connectivity index (χ1) is 15.5. The lowest BCUT2D eigenvalue weighted by atomic mass is 9.98. The first-order valence-electron chi connectivity index (χ1n) is 9.54. The Labute approximate surface area is 199 Å². The molecule has 0 radical (unpaired) electrons. The van der Waals surface area contributed by atoms with Gasteiger partial charge in [0.15, 0.2) is 4.30 Å². The van der Waals surface area contributed by atoms with Crippen molar-refractivity contribution in [3.05, 3.63) is 91.3 Å². The molecule has 0 aliphatic rings. The van der Waals surface area contributed by atoms with E-state index in [9.17, 15) is 4.39 Å². The molecule has 0 aliphatic heterocycles. The smallest absolute Gasteiger partial charge is 0.180 e. The molecular weight excluding hydrogens is 470 g/mol. The summed E-state index contributed by atoms with van der Waals surface area (Å²) < 4.78 is 12.6. The molecule has 0 unspecified atom stereocenters. The Kier molecular flexibility index (Phi) is 7.00. The number of alkyl halides is 3. The van der Waals surface area contributed by atoms with E-state index in [-0.39, 0.29) is 5.82 Å². The van der Waals surface area contributed by atoms with Crippen molar-refractivity contribution in [1.82, 2.24) is 19.9 Å². The Bertz CT molecular complexity index is 1310. The maximum atomic E-state index is 13.4. The van der Waals surface area contributed by atoms with Gasteiger partial charge in [-0.15, -0.1) is 0 Å². The number of rotatable bonds is 3. The monoisotopic (exact) mass is 484 g/mol. The Balaban J connectivity index is 0.000000567. The fourth-order valence-corrected chi connectivity index (χ4v) is 3.37. The van der Waals surface area contributed by atoms with Gasteiger partial charge < -0.3 is 4.98 Å². The molecule has 0 spiro atoms. The summed E-state index contributed by atoms with van der Waals surface area (Å²) in [5, 5.41) is 0. The van der Waals surface area contributed by atoms with Gasteiger partial charge in [0, 0.05) is 41.5 Å². The average Bonchev–Trinajstić information content (AvgIpc) is 3.25. The third kappa shape index (κ3) is 5.07. The maximum Gasteiger partial charge on any atom is 0.180 e. The molecule has 0 fully saturated rings. The molecule has 5 rings (SSSR count). The fraction of sp³-hybridized carbons (Fsp3) is 0.0417. The summed E-state index contributed by atoms with van der Waals surface area (Å²) in [6, 6.07) is 18.4. The van der Waals surface area contributed by atoms with Crippen molar-refractivity contribution in [1.29, 1.82) is 0 Å². The topological polar surface area (TPSA) is 54.5 Å². The Morgan fingerprint density at radius 3 is 1.75 bits per heavy atom. The number of hydrogen-bond acceptors (Lipinski definition) is 3. The molecule has 0 saturated carbocycles. The van der Waals surface area contributed by atoms with Crippen molar-refractivity contribution in [3.63, 3.8) is 0 Å². The molecule has 0 saturated heterocycles. The van der Waals surface area contributed by atoms with Crippen LogP contribution in [-0.4, -0.2) is 24.2 Å². The molecule has 3 heterocycles. The zero-order chi connectivity index (χ0) is 22.5. The van der Waals surface area contributed by atoms with E-state index in [1.807, 2.05) is 36.4 Å². The lowest BCUT2D eigenvalue weighted by Crippen LogP contribution is -1.86. The van der Waals surface area contributed by atoms with E-state index in [0.717, 1.165) is 44.7 Å². The van der Waals surface area contributed by atoms with Gasteiger partial charge in [-0.3, -0.25) is 9.97 Å². The van der Waals surface area contributed by atoms with Gasteiger partial charge in [0.1, 0.15) is 11.6 Å². The molecule has 1 N–H and O–H groups in total. The number of hydrogen-bond donors (Lipinski definition) is 1. The predicted octanol–water partition coefficient (Wildman–Crippen LogP) is 7.48. The van der Waals surface area contributed by atoms with Gasteiger partial charge in [-0.1, -0.05) is 59.1 Å². The third-order valence-electron chi connectivity index (χ3n) is 4.75. The molecule has 4 nitrogen and oxygen atoms in total. The molecule has 8 heteroatoms. The van der Waals surface area contributed by atoms with Crippen LogP contribution in [0.1, 0.15) is 0 Å². The van der Waals surface area contributed by atoms with Gasteiger partial charge in [-0.2, -0.15) is 0 Å². The predicted molar refractivity (Wildman–Crippen MR) is 129 cm³/mol. The van der Waals surface area contributed by atoms with Crippen molar-refractivity contribution in [2.24, 2.45) is 0 Å². The summed E-state index contributed by atoms with van der Waals surface area (Å²) in [6.45, 7) is 0. The Morgan fingerprint density at radius 1 is 0.656 bits per heavy atom. The van der Waals surface area contributed by atoms with Gasteiger partial charge in [0.2, 0.25) is 0 Å². The van der Waals surface area contributed by atoms with Crippen LogP contribution in [0.3, 0.4) is 0 Å². The highest BCUT2D eigenvalue weighted by molar-refractivity contribution is 6.63. The molecule has 0 amide bonds. The zero-order valence-electron chi connectivity index (χ0n) is 16.5. The third-order valence-corrected chi connectivity index (χ3v) is 4.75. The van der Waals surface area contributed by atoms with Crippen LogP contribution in [0.4, 0.5) is 4.39 Å². The quantitative estimate of drug-likeness (QED) is 0.269. The van der Waals surface area contributed by atoms with E-state index in [4.69, 9.17) is 39.8 Å². The van der Waals surface area contributed by atoms with E-state index in [1.54, 1.807) is 36.9 Å². The first-order valence-corrected chi connectivity index (χ1v) is 10.9. The molecule has 0 bridgehead atoms. The van der Waals surface area contributed by atoms with Crippen molar-refractivity contribution < 1.29 is 4.39 Å². The second-order valence-electron chi connectivity index (χ2n) is 6.70. The van der Waals surface area contributed by atoms with Gasteiger partial charge in [-0.05, 0) is 47.5 Å². The number of H-pyrrole nitrogens is 1. The number of benzene rings is 2. The van der Waals surface area contributed by atoms with Crippen molar-refractivity contribution in [3.8, 4) is 33.6 Å². The zero-order valence-corrected chi connectivity index (χ0v) is 18.8. The largest absolute Gasteiger partial charge is 0.337 e. The summed E-state index contributed by atoms with van der Waals surface area (Å²) in [7, 11) is 0. The molecular formula is C24H16Cl3FN4. The summed E-state index contributed by atoms with van der Waals surface area (Å²) >= 11 is 14.4. The van der Waals surface area contributed by atoms with E-state index in [1.165, 1.54) is 12.1 Å². The van der Waals surface area contributed by atoms with Crippen LogP contribution < -0.4 is 0 Å². The van der Waals surface area contributed by atoms with E-state index in [0.29, 0.717) is 0 Å². The molecule has 0 atom stereocenters. The Hall–Kier alpha value is -2.99. The van der Waals surface area contributed by atoms with Crippen LogP contribution in [0.25, 0.3) is 44.7 Å². The molecule has 160 valence electrons.